The predicted octanol–water partition coefficient (Wildman–Crippen LogP) is 3.86. The fourth-order valence-corrected chi connectivity index (χ4v) is 5.70. The number of methoxy groups -OCH3 is 1. The van der Waals surface area contributed by atoms with Crippen LogP contribution in [0.5, 0.6) is 5.75 Å². The average Bonchev–Trinajstić information content (AvgIpc) is 2.45. The van der Waals surface area contributed by atoms with Gasteiger partial charge in [0.05, 0.1) is 12.7 Å². The van der Waals surface area contributed by atoms with Crippen LogP contribution in [0.15, 0.2) is 18.2 Å². The van der Waals surface area contributed by atoms with Gasteiger partial charge in [-0.3, -0.25) is 0 Å². The van der Waals surface area contributed by atoms with E-state index in [2.05, 4.69) is 0 Å². The summed E-state index contributed by atoms with van der Waals surface area (Å²) in [5.41, 5.74) is 1.72. The van der Waals surface area contributed by atoms with Crippen molar-refractivity contribution in [2.45, 2.75) is 43.9 Å². The molecule has 0 atom stereocenters. The molecule has 0 radical (unpaired) electrons. The van der Waals surface area contributed by atoms with E-state index >= 15 is 0 Å². The third-order valence-corrected chi connectivity index (χ3v) is 6.06. The molecule has 4 aliphatic carbocycles. The Morgan fingerprint density at radius 3 is 2.19 bits per heavy atom. The van der Waals surface area contributed by atoms with Gasteiger partial charge in [-0.05, 0) is 79.9 Å². The zero-order chi connectivity index (χ0) is 14.6. The fourth-order valence-electron chi connectivity index (χ4n) is 5.70. The highest BCUT2D eigenvalue weighted by molar-refractivity contribution is 5.88. The Balaban J connectivity index is 1.81. The van der Waals surface area contributed by atoms with Crippen molar-refractivity contribution in [3.8, 4) is 5.75 Å². The Morgan fingerprint density at radius 2 is 1.71 bits per heavy atom. The summed E-state index contributed by atoms with van der Waals surface area (Å²) in [4.78, 5) is 11.3. The fraction of sp³-hybridized carbons (Fsp3) is 0.611. The van der Waals surface area contributed by atoms with Crippen LogP contribution in [0, 0.1) is 17.8 Å². The molecule has 3 nitrogen and oxygen atoms in total. The van der Waals surface area contributed by atoms with Crippen molar-refractivity contribution < 1.29 is 14.6 Å². The van der Waals surface area contributed by atoms with Crippen LogP contribution in [-0.2, 0) is 5.41 Å². The summed E-state index contributed by atoms with van der Waals surface area (Å²) in [5.74, 6) is 2.56. The quantitative estimate of drug-likeness (QED) is 0.917. The van der Waals surface area contributed by atoms with Crippen molar-refractivity contribution in [2.75, 3.05) is 7.11 Å². The standard InChI is InChI=1S/C18H22O3/c1-21-16-3-2-14(17(19)20)7-15(16)18-8-11-4-12(9-18)6-13(5-11)10-18/h2-3,7,11-13H,4-6,8-10H2,1H3,(H,19,20). The number of carboxylic acid groups (broad SMARTS) is 1. The molecule has 0 amide bonds. The van der Waals surface area contributed by atoms with Crippen LogP contribution in [-0.4, -0.2) is 18.2 Å². The minimum atomic E-state index is -0.844. The molecule has 0 aromatic heterocycles. The zero-order valence-corrected chi connectivity index (χ0v) is 12.5. The molecule has 0 heterocycles. The molecule has 4 saturated carbocycles. The highest BCUT2D eigenvalue weighted by atomic mass is 16.5. The van der Waals surface area contributed by atoms with Gasteiger partial charge >= 0.3 is 5.97 Å². The van der Waals surface area contributed by atoms with Gasteiger partial charge in [-0.25, -0.2) is 4.79 Å². The van der Waals surface area contributed by atoms with E-state index in [0.29, 0.717) is 5.56 Å². The van der Waals surface area contributed by atoms with E-state index in [9.17, 15) is 9.90 Å². The topological polar surface area (TPSA) is 46.5 Å². The third-order valence-electron chi connectivity index (χ3n) is 6.06. The molecule has 112 valence electrons. The SMILES string of the molecule is COc1ccc(C(=O)O)cc1C12CC3CC(CC(C3)C1)C2. The van der Waals surface area contributed by atoms with Crippen LogP contribution < -0.4 is 4.74 Å². The first kappa shape index (κ1) is 13.2. The number of aromatic carboxylic acids is 1. The van der Waals surface area contributed by atoms with Gasteiger partial charge in [0.1, 0.15) is 5.75 Å². The molecule has 0 aliphatic heterocycles. The summed E-state index contributed by atoms with van der Waals surface area (Å²) in [6.45, 7) is 0. The highest BCUT2D eigenvalue weighted by Crippen LogP contribution is 2.61. The molecule has 4 aliphatic rings. The summed E-state index contributed by atoms with van der Waals surface area (Å²) >= 11 is 0. The Labute approximate surface area is 125 Å². The van der Waals surface area contributed by atoms with Crippen LogP contribution in [0.25, 0.3) is 0 Å². The molecule has 4 bridgehead atoms. The van der Waals surface area contributed by atoms with Gasteiger partial charge < -0.3 is 9.84 Å². The molecule has 3 heteroatoms. The van der Waals surface area contributed by atoms with E-state index < -0.39 is 5.97 Å². The first-order valence-corrected chi connectivity index (χ1v) is 8.01. The lowest BCUT2D eigenvalue weighted by molar-refractivity contribution is -0.00618. The molecule has 0 saturated heterocycles. The number of ether oxygens (including phenoxy) is 1. The molecule has 1 aromatic rings. The number of hydrogen-bond donors (Lipinski definition) is 1. The number of benzene rings is 1. The second-order valence-electron chi connectivity index (χ2n) is 7.42. The van der Waals surface area contributed by atoms with E-state index in [1.807, 2.05) is 12.1 Å². The van der Waals surface area contributed by atoms with E-state index in [-0.39, 0.29) is 5.41 Å². The molecule has 0 spiro atoms. The van der Waals surface area contributed by atoms with Gasteiger partial charge in [-0.15, -0.1) is 0 Å². The summed E-state index contributed by atoms with van der Waals surface area (Å²) in [5, 5.41) is 9.31. The van der Waals surface area contributed by atoms with Crippen LogP contribution in [0.1, 0.15) is 54.4 Å². The predicted molar refractivity (Wildman–Crippen MR) is 79.8 cm³/mol. The molecule has 1 N–H and O–H groups in total. The van der Waals surface area contributed by atoms with Crippen molar-refractivity contribution in [3.63, 3.8) is 0 Å². The molecule has 5 rings (SSSR count). The maximum Gasteiger partial charge on any atom is 0.335 e. The second-order valence-corrected chi connectivity index (χ2v) is 7.42. The van der Waals surface area contributed by atoms with Gasteiger partial charge in [-0.2, -0.15) is 0 Å². The zero-order valence-electron chi connectivity index (χ0n) is 12.5. The molecule has 21 heavy (non-hydrogen) atoms. The lowest BCUT2D eigenvalue weighted by Crippen LogP contribution is -2.48. The van der Waals surface area contributed by atoms with Crippen molar-refractivity contribution in [3.05, 3.63) is 29.3 Å². The van der Waals surface area contributed by atoms with Crippen molar-refractivity contribution in [2.24, 2.45) is 17.8 Å². The Bertz CT molecular complexity index is 555. The highest BCUT2D eigenvalue weighted by Gasteiger charge is 2.52. The summed E-state index contributed by atoms with van der Waals surface area (Å²) in [6, 6.07) is 5.39. The van der Waals surface area contributed by atoms with Gasteiger partial charge in [0, 0.05) is 5.56 Å². The molecular formula is C18H22O3. The minimum Gasteiger partial charge on any atom is -0.496 e. The monoisotopic (exact) mass is 286 g/mol. The number of carbonyl (C=O) groups is 1. The van der Waals surface area contributed by atoms with Crippen molar-refractivity contribution in [1.82, 2.24) is 0 Å². The number of carboxylic acids is 1. The molecule has 0 unspecified atom stereocenters. The first-order chi connectivity index (χ1) is 10.1. The molecule has 4 fully saturated rings. The summed E-state index contributed by atoms with van der Waals surface area (Å²) in [7, 11) is 1.69. The molecule has 1 aromatic carbocycles. The van der Waals surface area contributed by atoms with Gasteiger partial charge in [0.25, 0.3) is 0 Å². The maximum absolute atomic E-state index is 11.3. The Hall–Kier alpha value is -1.51. The van der Waals surface area contributed by atoms with Crippen molar-refractivity contribution in [1.29, 1.82) is 0 Å². The Morgan fingerprint density at radius 1 is 1.14 bits per heavy atom. The van der Waals surface area contributed by atoms with E-state index in [0.717, 1.165) is 29.1 Å². The van der Waals surface area contributed by atoms with Gasteiger partial charge in [-0.1, -0.05) is 0 Å². The minimum absolute atomic E-state index is 0.172. The number of rotatable bonds is 3. The second kappa shape index (κ2) is 4.49. The van der Waals surface area contributed by atoms with Crippen LogP contribution >= 0.6 is 0 Å². The number of hydrogen-bond acceptors (Lipinski definition) is 2. The van der Waals surface area contributed by atoms with E-state index in [4.69, 9.17) is 4.74 Å². The van der Waals surface area contributed by atoms with E-state index in [1.165, 1.54) is 38.5 Å². The van der Waals surface area contributed by atoms with E-state index in [1.54, 1.807) is 13.2 Å². The summed E-state index contributed by atoms with van der Waals surface area (Å²) < 4.78 is 5.58. The lowest BCUT2D eigenvalue weighted by atomic mass is 9.48. The van der Waals surface area contributed by atoms with Crippen LogP contribution in [0.2, 0.25) is 0 Å². The normalized spacial score (nSPS) is 36.7. The first-order valence-electron chi connectivity index (χ1n) is 8.01. The van der Waals surface area contributed by atoms with Crippen molar-refractivity contribution >= 4 is 5.97 Å². The van der Waals surface area contributed by atoms with Crippen LogP contribution in [0.4, 0.5) is 0 Å². The third kappa shape index (κ3) is 1.97. The van der Waals surface area contributed by atoms with Gasteiger partial charge in [0.2, 0.25) is 0 Å². The largest absolute Gasteiger partial charge is 0.496 e. The summed E-state index contributed by atoms with van der Waals surface area (Å²) in [6.07, 6.45) is 7.83. The van der Waals surface area contributed by atoms with Gasteiger partial charge in [0.15, 0.2) is 0 Å². The lowest BCUT2D eigenvalue weighted by Gasteiger charge is -2.57. The maximum atomic E-state index is 11.3. The smallest absolute Gasteiger partial charge is 0.335 e. The average molecular weight is 286 g/mol. The molecular weight excluding hydrogens is 264 g/mol. The Kier molecular flexibility index (Phi) is 2.82. The van der Waals surface area contributed by atoms with Crippen LogP contribution in [0.3, 0.4) is 0 Å².